The molecule has 2 saturated carbocycles. The molecule has 3 rings (SSSR count). The first kappa shape index (κ1) is 22.3. The van der Waals surface area contributed by atoms with Crippen molar-refractivity contribution < 1.29 is 19.4 Å². The quantitative estimate of drug-likeness (QED) is 0.480. The second-order valence-electron chi connectivity index (χ2n) is 9.87. The minimum Gasteiger partial charge on any atom is -0.372 e. The van der Waals surface area contributed by atoms with Crippen molar-refractivity contribution in [3.8, 4) is 0 Å². The zero-order chi connectivity index (χ0) is 22.3. The number of benzene rings is 1. The standard InChI is InChI=1S/C22H30N2O6/c1-21(2,3)30-20-9-8-17-16(19(25)10-11-22(17,20)4)13-18(24(28)29)14-6-5-7-15(12-14)23(26)27/h5-7,12,16-18,20H,8-11,13H2,1-4H3/t16-,17-,18?,20-,22-/m0/s1. The summed E-state index contributed by atoms with van der Waals surface area (Å²) in [6, 6.07) is 4.41. The first-order valence-corrected chi connectivity index (χ1v) is 10.5. The molecule has 2 fully saturated rings. The van der Waals surface area contributed by atoms with Crippen LogP contribution in [0.5, 0.6) is 0 Å². The molecule has 164 valence electrons. The summed E-state index contributed by atoms with van der Waals surface area (Å²) in [6.45, 7) is 8.19. The van der Waals surface area contributed by atoms with Crippen LogP contribution in [-0.2, 0) is 9.53 Å². The highest BCUT2D eigenvalue weighted by atomic mass is 16.6. The van der Waals surface area contributed by atoms with Crippen molar-refractivity contribution in [1.29, 1.82) is 0 Å². The Kier molecular flexibility index (Phi) is 6.00. The maximum atomic E-state index is 12.9. The van der Waals surface area contributed by atoms with Gasteiger partial charge in [-0.25, -0.2) is 0 Å². The van der Waals surface area contributed by atoms with E-state index < -0.39 is 21.8 Å². The summed E-state index contributed by atoms with van der Waals surface area (Å²) in [6.07, 6.45) is 2.84. The number of nitro benzene ring substituents is 1. The fourth-order valence-electron chi connectivity index (χ4n) is 5.38. The number of hydrogen-bond acceptors (Lipinski definition) is 6. The number of nitrogens with zero attached hydrogens (tertiary/aromatic N) is 2. The second kappa shape index (κ2) is 8.06. The number of carbonyl (C=O) groups is 1. The van der Waals surface area contributed by atoms with Crippen LogP contribution in [0.3, 0.4) is 0 Å². The minimum atomic E-state index is -1.15. The summed E-state index contributed by atoms with van der Waals surface area (Å²) in [5.41, 5.74) is -0.407. The number of rotatable bonds is 6. The molecule has 8 nitrogen and oxygen atoms in total. The largest absolute Gasteiger partial charge is 0.372 e. The predicted octanol–water partition coefficient (Wildman–Crippen LogP) is 4.88. The number of ether oxygens (including phenoxy) is 1. The van der Waals surface area contributed by atoms with Crippen LogP contribution >= 0.6 is 0 Å². The molecule has 0 aromatic heterocycles. The predicted molar refractivity (Wildman–Crippen MR) is 111 cm³/mol. The summed E-state index contributed by atoms with van der Waals surface area (Å²) in [5, 5.41) is 23.0. The summed E-state index contributed by atoms with van der Waals surface area (Å²) in [7, 11) is 0. The third-order valence-corrected chi connectivity index (χ3v) is 6.83. The lowest BCUT2D eigenvalue weighted by Crippen LogP contribution is -2.46. The van der Waals surface area contributed by atoms with Gasteiger partial charge in [-0.05, 0) is 51.4 Å². The van der Waals surface area contributed by atoms with Crippen molar-refractivity contribution in [3.05, 3.63) is 50.1 Å². The number of non-ortho nitro benzene ring substituents is 1. The van der Waals surface area contributed by atoms with Crippen LogP contribution in [0.1, 0.15) is 71.4 Å². The van der Waals surface area contributed by atoms with Gasteiger partial charge in [-0.15, -0.1) is 0 Å². The molecule has 1 aromatic carbocycles. The summed E-state index contributed by atoms with van der Waals surface area (Å²) < 4.78 is 6.31. The fraction of sp³-hybridized carbons (Fsp3) is 0.682. The number of carbonyl (C=O) groups excluding carboxylic acids is 1. The van der Waals surface area contributed by atoms with Gasteiger partial charge in [0.05, 0.1) is 16.6 Å². The van der Waals surface area contributed by atoms with Crippen molar-refractivity contribution in [2.75, 3.05) is 0 Å². The normalized spacial score (nSPS) is 30.0. The SMILES string of the molecule is CC(C)(C)O[C@H]1CC[C@H]2[C@H](CC(c3cccc([N+](=O)[O-])c3)[N+](=O)[O-])C(=O)CC[C@]12C. The maximum Gasteiger partial charge on any atom is 0.269 e. The molecular formula is C22H30N2O6. The highest BCUT2D eigenvalue weighted by Gasteiger charge is 2.56. The maximum absolute atomic E-state index is 12.9. The Morgan fingerprint density at radius 2 is 1.93 bits per heavy atom. The smallest absolute Gasteiger partial charge is 0.269 e. The Morgan fingerprint density at radius 1 is 1.23 bits per heavy atom. The first-order chi connectivity index (χ1) is 13.9. The van der Waals surface area contributed by atoms with Gasteiger partial charge in [0, 0.05) is 41.4 Å². The Balaban J connectivity index is 1.88. The third-order valence-electron chi connectivity index (χ3n) is 6.83. The van der Waals surface area contributed by atoms with Crippen LogP contribution in [0.25, 0.3) is 0 Å². The van der Waals surface area contributed by atoms with E-state index >= 15 is 0 Å². The number of ketones is 1. The summed E-state index contributed by atoms with van der Waals surface area (Å²) >= 11 is 0. The van der Waals surface area contributed by atoms with Crippen LogP contribution in [0.15, 0.2) is 24.3 Å². The van der Waals surface area contributed by atoms with Gasteiger partial charge >= 0.3 is 0 Å². The van der Waals surface area contributed by atoms with Crippen LogP contribution in [0, 0.1) is 37.5 Å². The van der Waals surface area contributed by atoms with Gasteiger partial charge < -0.3 is 4.74 Å². The molecule has 0 N–H and O–H groups in total. The molecule has 0 saturated heterocycles. The van der Waals surface area contributed by atoms with Gasteiger partial charge in [0.25, 0.3) is 5.69 Å². The van der Waals surface area contributed by atoms with Gasteiger partial charge in [-0.1, -0.05) is 19.1 Å². The van der Waals surface area contributed by atoms with Crippen LogP contribution in [0.4, 0.5) is 5.69 Å². The molecule has 0 radical (unpaired) electrons. The molecule has 1 aromatic rings. The molecule has 0 spiro atoms. The van der Waals surface area contributed by atoms with Crippen molar-refractivity contribution in [3.63, 3.8) is 0 Å². The molecule has 1 unspecified atom stereocenters. The molecule has 30 heavy (non-hydrogen) atoms. The monoisotopic (exact) mass is 418 g/mol. The van der Waals surface area contributed by atoms with E-state index in [0.29, 0.717) is 6.42 Å². The van der Waals surface area contributed by atoms with Gasteiger partial charge in [0.1, 0.15) is 5.78 Å². The Hall–Kier alpha value is -2.35. The van der Waals surface area contributed by atoms with Crippen LogP contribution in [0.2, 0.25) is 0 Å². The first-order valence-electron chi connectivity index (χ1n) is 10.5. The van der Waals surface area contributed by atoms with E-state index in [-0.39, 0.29) is 46.5 Å². The van der Waals surface area contributed by atoms with Gasteiger partial charge in [0.15, 0.2) is 0 Å². The topological polar surface area (TPSA) is 113 Å². The lowest BCUT2D eigenvalue weighted by atomic mass is 9.61. The number of fused-ring (bicyclic) bond motifs is 1. The number of hydrogen-bond donors (Lipinski definition) is 0. The third kappa shape index (κ3) is 4.38. The highest BCUT2D eigenvalue weighted by Crippen LogP contribution is 2.56. The van der Waals surface area contributed by atoms with E-state index in [2.05, 4.69) is 6.92 Å². The van der Waals surface area contributed by atoms with E-state index in [0.717, 1.165) is 19.3 Å². The molecule has 0 aliphatic heterocycles. The molecule has 0 heterocycles. The van der Waals surface area contributed by atoms with Gasteiger partial charge in [-0.2, -0.15) is 0 Å². The van der Waals surface area contributed by atoms with Crippen molar-refractivity contribution in [2.45, 2.75) is 77.5 Å². The average Bonchev–Trinajstić information content (AvgIpc) is 2.96. The molecule has 5 atom stereocenters. The van der Waals surface area contributed by atoms with Crippen molar-refractivity contribution in [2.24, 2.45) is 17.3 Å². The van der Waals surface area contributed by atoms with Crippen molar-refractivity contribution >= 4 is 11.5 Å². The number of nitro groups is 2. The van der Waals surface area contributed by atoms with Crippen molar-refractivity contribution in [1.82, 2.24) is 0 Å². The zero-order valence-corrected chi connectivity index (χ0v) is 18.0. The van der Waals surface area contributed by atoms with E-state index in [1.807, 2.05) is 20.8 Å². The van der Waals surface area contributed by atoms with E-state index in [1.54, 1.807) is 0 Å². The van der Waals surface area contributed by atoms with Crippen LogP contribution < -0.4 is 0 Å². The van der Waals surface area contributed by atoms with E-state index in [9.17, 15) is 25.0 Å². The summed E-state index contributed by atoms with van der Waals surface area (Å²) in [5.74, 6) is -0.356. The Bertz CT molecular complexity index is 848. The summed E-state index contributed by atoms with van der Waals surface area (Å²) in [4.78, 5) is 34.9. The van der Waals surface area contributed by atoms with Gasteiger partial charge in [-0.3, -0.25) is 25.0 Å². The molecule has 2 aliphatic carbocycles. The molecule has 0 amide bonds. The second-order valence-corrected chi connectivity index (χ2v) is 9.87. The molecule has 2 aliphatic rings. The fourth-order valence-corrected chi connectivity index (χ4v) is 5.38. The Morgan fingerprint density at radius 3 is 2.53 bits per heavy atom. The van der Waals surface area contributed by atoms with E-state index in [1.165, 1.54) is 24.3 Å². The lowest BCUT2D eigenvalue weighted by Gasteiger charge is -2.45. The Labute approximate surface area is 176 Å². The average molecular weight is 418 g/mol. The van der Waals surface area contributed by atoms with Gasteiger partial charge in [0.2, 0.25) is 6.04 Å². The van der Waals surface area contributed by atoms with E-state index in [4.69, 9.17) is 4.74 Å². The molecular weight excluding hydrogens is 388 g/mol. The molecule has 0 bridgehead atoms. The minimum absolute atomic E-state index is 0.0185. The highest BCUT2D eigenvalue weighted by molar-refractivity contribution is 5.82. The molecule has 8 heteroatoms. The lowest BCUT2D eigenvalue weighted by molar-refractivity contribution is -0.531. The zero-order valence-electron chi connectivity index (χ0n) is 18.0. The van der Waals surface area contributed by atoms with Crippen LogP contribution in [-0.4, -0.2) is 27.3 Å². The number of Topliss-reactive ketones (excluding diaryl/α,β-unsaturated/α-hetero) is 1.